The van der Waals surface area contributed by atoms with Gasteiger partial charge < -0.3 is 9.84 Å². The van der Waals surface area contributed by atoms with Crippen LogP contribution in [-0.4, -0.2) is 23.2 Å². The fraction of sp³-hybridized carbons (Fsp3) is 0.400. The van der Waals surface area contributed by atoms with Gasteiger partial charge in [0, 0.05) is 17.5 Å². The molecule has 86 valence electrons. The average Bonchev–Trinajstić information content (AvgIpc) is 3.02. The largest absolute Gasteiger partial charge is 0.339 e. The third-order valence-corrected chi connectivity index (χ3v) is 3.31. The minimum Gasteiger partial charge on any atom is -0.339 e. The molecule has 6 heteroatoms. The van der Waals surface area contributed by atoms with Crippen LogP contribution in [0.5, 0.6) is 0 Å². The van der Waals surface area contributed by atoms with Crippen LogP contribution >= 0.6 is 23.7 Å². The van der Waals surface area contributed by atoms with Crippen molar-refractivity contribution in [1.29, 1.82) is 0 Å². The van der Waals surface area contributed by atoms with Crippen molar-refractivity contribution in [2.24, 2.45) is 0 Å². The summed E-state index contributed by atoms with van der Waals surface area (Å²) < 4.78 is 5.28. The molecule has 0 saturated carbocycles. The van der Waals surface area contributed by atoms with Crippen LogP contribution in [0.2, 0.25) is 0 Å². The first kappa shape index (κ1) is 11.6. The molecule has 0 spiro atoms. The molecule has 1 atom stereocenters. The van der Waals surface area contributed by atoms with Crippen LogP contribution < -0.4 is 5.32 Å². The van der Waals surface area contributed by atoms with Gasteiger partial charge in [-0.1, -0.05) is 5.16 Å². The molecule has 1 unspecified atom stereocenters. The molecule has 1 N–H and O–H groups in total. The molecule has 16 heavy (non-hydrogen) atoms. The average molecular weight is 258 g/mol. The Morgan fingerprint density at radius 2 is 2.44 bits per heavy atom. The van der Waals surface area contributed by atoms with Gasteiger partial charge >= 0.3 is 0 Å². The summed E-state index contributed by atoms with van der Waals surface area (Å²) in [5, 5.41) is 11.3. The van der Waals surface area contributed by atoms with Crippen LogP contribution in [-0.2, 0) is 0 Å². The van der Waals surface area contributed by atoms with E-state index in [1.165, 1.54) is 0 Å². The fourth-order valence-electron chi connectivity index (χ4n) is 1.78. The van der Waals surface area contributed by atoms with E-state index < -0.39 is 0 Å². The zero-order valence-electron chi connectivity index (χ0n) is 8.55. The second-order valence-corrected chi connectivity index (χ2v) is 4.44. The van der Waals surface area contributed by atoms with E-state index >= 15 is 0 Å². The monoisotopic (exact) mass is 257 g/mol. The molecule has 2 aromatic heterocycles. The van der Waals surface area contributed by atoms with Crippen molar-refractivity contribution in [1.82, 2.24) is 15.5 Å². The molecule has 1 aliphatic rings. The number of aromatic nitrogens is 2. The number of thiophene rings is 1. The number of halogens is 1. The Morgan fingerprint density at radius 1 is 1.50 bits per heavy atom. The Morgan fingerprint density at radius 3 is 3.12 bits per heavy atom. The number of hydrogen-bond acceptors (Lipinski definition) is 5. The van der Waals surface area contributed by atoms with Crippen LogP contribution in [0.4, 0.5) is 0 Å². The summed E-state index contributed by atoms with van der Waals surface area (Å²) in [6.45, 7) is 1.99. The maximum Gasteiger partial charge on any atom is 0.231 e. The maximum atomic E-state index is 5.28. The lowest BCUT2D eigenvalue weighted by molar-refractivity contribution is 0.359. The van der Waals surface area contributed by atoms with Crippen molar-refractivity contribution in [2.75, 3.05) is 13.1 Å². The molecular weight excluding hydrogens is 246 g/mol. The fourth-order valence-corrected chi connectivity index (χ4v) is 2.41. The van der Waals surface area contributed by atoms with E-state index in [0.717, 1.165) is 31.0 Å². The molecule has 0 amide bonds. The summed E-state index contributed by atoms with van der Waals surface area (Å²) in [6.07, 6.45) is 1.09. The Bertz CT molecular complexity index is 437. The Kier molecular flexibility index (Phi) is 3.58. The SMILES string of the molecule is Cl.c1cc(-c2noc(C3CCNC3)n2)cs1. The van der Waals surface area contributed by atoms with E-state index in [2.05, 4.69) is 15.5 Å². The highest BCUT2D eigenvalue weighted by Gasteiger charge is 2.22. The molecule has 3 heterocycles. The predicted octanol–water partition coefficient (Wildman–Crippen LogP) is 2.30. The third kappa shape index (κ3) is 2.11. The topological polar surface area (TPSA) is 51.0 Å². The summed E-state index contributed by atoms with van der Waals surface area (Å²) in [6, 6.07) is 2.01. The van der Waals surface area contributed by atoms with Gasteiger partial charge in [0.2, 0.25) is 11.7 Å². The molecule has 1 fully saturated rings. The van der Waals surface area contributed by atoms with Gasteiger partial charge in [-0.15, -0.1) is 12.4 Å². The zero-order valence-corrected chi connectivity index (χ0v) is 10.2. The molecule has 1 saturated heterocycles. The number of rotatable bonds is 2. The van der Waals surface area contributed by atoms with E-state index in [1.807, 2.05) is 16.8 Å². The second-order valence-electron chi connectivity index (χ2n) is 3.66. The van der Waals surface area contributed by atoms with Crippen molar-refractivity contribution >= 4 is 23.7 Å². The lowest BCUT2D eigenvalue weighted by atomic mass is 10.1. The van der Waals surface area contributed by atoms with E-state index in [9.17, 15) is 0 Å². The van der Waals surface area contributed by atoms with Gasteiger partial charge in [0.15, 0.2) is 0 Å². The van der Waals surface area contributed by atoms with Crippen LogP contribution in [0, 0.1) is 0 Å². The molecule has 4 nitrogen and oxygen atoms in total. The third-order valence-electron chi connectivity index (χ3n) is 2.63. The van der Waals surface area contributed by atoms with Gasteiger partial charge in [-0.25, -0.2) is 0 Å². The first-order chi connectivity index (χ1) is 7.43. The van der Waals surface area contributed by atoms with E-state index in [1.54, 1.807) is 11.3 Å². The Labute approximate surface area is 103 Å². The Hall–Kier alpha value is -0.910. The van der Waals surface area contributed by atoms with Gasteiger partial charge in [-0.3, -0.25) is 0 Å². The minimum absolute atomic E-state index is 0. The highest BCUT2D eigenvalue weighted by Crippen LogP contribution is 2.24. The summed E-state index contributed by atoms with van der Waals surface area (Å²) in [5.41, 5.74) is 1.04. The first-order valence-corrected chi connectivity index (χ1v) is 5.94. The van der Waals surface area contributed by atoms with Crippen molar-refractivity contribution in [2.45, 2.75) is 12.3 Å². The lowest BCUT2D eigenvalue weighted by Gasteiger charge is -1.98. The molecule has 1 aliphatic heterocycles. The standard InChI is InChI=1S/C10H11N3OS.ClH/c1-3-11-5-7(1)10-12-9(13-14-10)8-2-4-15-6-8;/h2,4,6-7,11H,1,3,5H2;1H. The van der Waals surface area contributed by atoms with E-state index in [0.29, 0.717) is 11.7 Å². The molecule has 2 aromatic rings. The van der Waals surface area contributed by atoms with Crippen LogP contribution in [0.1, 0.15) is 18.2 Å². The summed E-state index contributed by atoms with van der Waals surface area (Å²) in [5.74, 6) is 1.87. The van der Waals surface area contributed by atoms with Gasteiger partial charge in [-0.05, 0) is 24.4 Å². The molecular formula is C10H12ClN3OS. The van der Waals surface area contributed by atoms with Crippen molar-refractivity contribution in [3.8, 4) is 11.4 Å². The van der Waals surface area contributed by atoms with Crippen molar-refractivity contribution in [3.05, 3.63) is 22.7 Å². The quantitative estimate of drug-likeness (QED) is 0.897. The molecule has 3 rings (SSSR count). The minimum atomic E-state index is 0. The molecule has 0 aromatic carbocycles. The van der Waals surface area contributed by atoms with Crippen LogP contribution in [0.15, 0.2) is 21.3 Å². The lowest BCUT2D eigenvalue weighted by Crippen LogP contribution is -2.08. The highest BCUT2D eigenvalue weighted by molar-refractivity contribution is 7.08. The summed E-state index contributed by atoms with van der Waals surface area (Å²) in [7, 11) is 0. The summed E-state index contributed by atoms with van der Waals surface area (Å²) in [4.78, 5) is 4.42. The molecule has 0 radical (unpaired) electrons. The van der Waals surface area contributed by atoms with Gasteiger partial charge in [0.25, 0.3) is 0 Å². The van der Waals surface area contributed by atoms with Gasteiger partial charge in [0.05, 0.1) is 5.92 Å². The Balaban J connectivity index is 0.000000963. The number of nitrogens with one attached hydrogen (secondary N) is 1. The predicted molar refractivity (Wildman–Crippen MR) is 65.1 cm³/mol. The van der Waals surface area contributed by atoms with Crippen LogP contribution in [0.25, 0.3) is 11.4 Å². The van der Waals surface area contributed by atoms with E-state index in [4.69, 9.17) is 4.52 Å². The smallest absolute Gasteiger partial charge is 0.231 e. The number of hydrogen-bond donors (Lipinski definition) is 1. The van der Waals surface area contributed by atoms with Crippen molar-refractivity contribution in [3.63, 3.8) is 0 Å². The van der Waals surface area contributed by atoms with E-state index in [-0.39, 0.29) is 12.4 Å². The molecule has 0 aliphatic carbocycles. The first-order valence-electron chi connectivity index (χ1n) is 5.00. The highest BCUT2D eigenvalue weighted by atomic mass is 35.5. The van der Waals surface area contributed by atoms with Crippen LogP contribution in [0.3, 0.4) is 0 Å². The second kappa shape index (κ2) is 4.95. The maximum absolute atomic E-state index is 5.28. The molecule has 0 bridgehead atoms. The van der Waals surface area contributed by atoms with Gasteiger partial charge in [0.1, 0.15) is 0 Å². The van der Waals surface area contributed by atoms with Crippen molar-refractivity contribution < 1.29 is 4.52 Å². The summed E-state index contributed by atoms with van der Waals surface area (Å²) >= 11 is 1.64. The van der Waals surface area contributed by atoms with Gasteiger partial charge in [-0.2, -0.15) is 16.3 Å². The normalized spacial score (nSPS) is 19.6. The number of nitrogens with zero attached hydrogens (tertiary/aromatic N) is 2. The zero-order chi connectivity index (χ0) is 10.1.